The number of aliphatic carboxylic acids is 1. The van der Waals surface area contributed by atoms with E-state index in [2.05, 4.69) is 18.8 Å². The number of amides is 4. The van der Waals surface area contributed by atoms with E-state index in [9.17, 15) is 29.1 Å². The molecule has 7 aromatic carbocycles. The second-order valence-corrected chi connectivity index (χ2v) is 17.2. The van der Waals surface area contributed by atoms with Crippen LogP contribution in [-0.2, 0) is 17.8 Å². The van der Waals surface area contributed by atoms with Crippen molar-refractivity contribution in [3.63, 3.8) is 0 Å². The van der Waals surface area contributed by atoms with E-state index in [1.165, 1.54) is 11.1 Å². The third kappa shape index (κ3) is 7.53. The maximum Gasteiger partial charge on any atom is 0.328 e. The minimum absolute atomic E-state index is 0.0520. The van der Waals surface area contributed by atoms with Crippen molar-refractivity contribution in [2.45, 2.75) is 103 Å². The first kappa shape index (κ1) is 41.6. The molecule has 0 fully saturated rings. The van der Waals surface area contributed by atoms with Gasteiger partial charge in [-0.3, -0.25) is 34.0 Å². The molecule has 0 bridgehead atoms. The van der Waals surface area contributed by atoms with Gasteiger partial charge in [0.2, 0.25) is 0 Å². The molecule has 9 rings (SSSR count). The highest BCUT2D eigenvalue weighted by Crippen LogP contribution is 2.46. The average molecular weight is 838 g/mol. The Morgan fingerprint density at radius 2 is 1.03 bits per heavy atom. The normalized spacial score (nSPS) is 14.5. The van der Waals surface area contributed by atoms with Crippen LogP contribution in [0.2, 0.25) is 0 Å². The number of unbranched alkanes of at least 4 members (excludes halogenated alkanes) is 6. The lowest BCUT2D eigenvalue weighted by Gasteiger charge is -2.35. The van der Waals surface area contributed by atoms with E-state index in [-0.39, 0.29) is 30.8 Å². The largest absolute Gasteiger partial charge is 0.480 e. The van der Waals surface area contributed by atoms with Crippen molar-refractivity contribution in [2.75, 3.05) is 0 Å². The molecule has 0 aliphatic carbocycles. The zero-order valence-corrected chi connectivity index (χ0v) is 35.9. The van der Waals surface area contributed by atoms with Crippen LogP contribution in [0.25, 0.3) is 43.1 Å². The number of aliphatic imine (C=N–C) groups is 1. The van der Waals surface area contributed by atoms with Gasteiger partial charge in [-0.25, -0.2) is 4.79 Å². The van der Waals surface area contributed by atoms with E-state index in [0.717, 1.165) is 108 Å². The maximum absolute atomic E-state index is 14.5. The zero-order chi connectivity index (χ0) is 43.8. The molecule has 0 aromatic heterocycles. The van der Waals surface area contributed by atoms with Crippen LogP contribution < -0.4 is 0 Å². The smallest absolute Gasteiger partial charge is 0.328 e. The van der Waals surface area contributed by atoms with Crippen molar-refractivity contribution < 1.29 is 29.1 Å². The van der Waals surface area contributed by atoms with Gasteiger partial charge in [-0.2, -0.15) is 0 Å². The van der Waals surface area contributed by atoms with Crippen molar-refractivity contribution in [3.05, 3.63) is 142 Å². The summed E-state index contributed by atoms with van der Waals surface area (Å²) in [4.78, 5) is 76.7. The molecule has 2 heterocycles. The highest BCUT2D eigenvalue weighted by Gasteiger charge is 2.39. The van der Waals surface area contributed by atoms with E-state index >= 15 is 0 Å². The maximum atomic E-state index is 14.5. The molecule has 4 amide bonds. The number of hydrogen-bond acceptors (Lipinski definition) is 6. The van der Waals surface area contributed by atoms with Gasteiger partial charge in [0.25, 0.3) is 23.6 Å². The first-order valence-corrected chi connectivity index (χ1v) is 22.5. The van der Waals surface area contributed by atoms with Crippen LogP contribution in [0, 0.1) is 0 Å². The third-order valence-corrected chi connectivity index (χ3v) is 13.2. The lowest BCUT2D eigenvalue weighted by molar-refractivity contribution is -0.138. The van der Waals surface area contributed by atoms with E-state index in [0.29, 0.717) is 38.6 Å². The van der Waals surface area contributed by atoms with Crippen molar-refractivity contribution >= 4 is 78.9 Å². The fraction of sp³-hybridized carbons (Fsp3) is 0.296. The Kier molecular flexibility index (Phi) is 11.6. The van der Waals surface area contributed by atoms with Crippen molar-refractivity contribution in [1.29, 1.82) is 0 Å². The summed E-state index contributed by atoms with van der Waals surface area (Å²) in [5.41, 5.74) is 4.27. The summed E-state index contributed by atoms with van der Waals surface area (Å²) in [7, 11) is 0. The van der Waals surface area contributed by atoms with Gasteiger partial charge in [-0.15, -0.1) is 0 Å². The molecule has 9 nitrogen and oxygen atoms in total. The summed E-state index contributed by atoms with van der Waals surface area (Å²) < 4.78 is 0. The first-order valence-electron chi connectivity index (χ1n) is 22.5. The number of rotatable bonds is 18. The predicted octanol–water partition coefficient (Wildman–Crippen LogP) is 11.6. The van der Waals surface area contributed by atoms with Crippen LogP contribution in [0.15, 0.2) is 108 Å². The van der Waals surface area contributed by atoms with Crippen LogP contribution in [0.1, 0.15) is 136 Å². The summed E-state index contributed by atoms with van der Waals surface area (Å²) in [5.74, 6) is -2.25. The number of fused-ring (bicyclic) bond motifs is 2. The fourth-order valence-electron chi connectivity index (χ4n) is 9.94. The Balaban J connectivity index is 1.02. The van der Waals surface area contributed by atoms with Crippen molar-refractivity contribution in [1.82, 2.24) is 9.80 Å². The van der Waals surface area contributed by atoms with Gasteiger partial charge in [-0.05, 0) is 86.1 Å². The molecule has 7 aromatic rings. The van der Waals surface area contributed by atoms with E-state index in [4.69, 9.17) is 0 Å². The standard InChI is InChI=1S/C54H51N3O6/c1-3-5-7-12-16-36(17-13-8-6-4-2)57-52(60)43-28-24-39-37-22-26-41-48-42(27-23-38(46(37)48)40-25-29-44(53(57)61)49(43)47(39)40)51(59)56(50(41)58)32-35-20-18-34(19-21-35)31-55-45(54(62)63)30-33-14-10-9-11-15-33/h9-11,14-15,18-29,31,36,45H,3-8,12-13,16-17,30,32H2,1-2H3,(H,62,63)/t45-/m0/s1. The number of hydrogen-bond donors (Lipinski definition) is 1. The Hall–Kier alpha value is -6.74. The first-order chi connectivity index (χ1) is 30.7. The van der Waals surface area contributed by atoms with Gasteiger partial charge in [0.05, 0.1) is 6.54 Å². The molecule has 2 aliphatic rings. The molecule has 0 saturated carbocycles. The van der Waals surface area contributed by atoms with E-state index in [1.807, 2.05) is 78.9 Å². The van der Waals surface area contributed by atoms with Gasteiger partial charge in [0, 0.05) is 51.7 Å². The summed E-state index contributed by atoms with van der Waals surface area (Å²) in [6, 6.07) is 30.6. The minimum atomic E-state index is -1.01. The molecule has 0 unspecified atom stereocenters. The summed E-state index contributed by atoms with van der Waals surface area (Å²) in [5, 5.41) is 16.2. The molecular formula is C54H51N3O6. The Bertz CT molecular complexity index is 2820. The quantitative estimate of drug-likeness (QED) is 0.0302. The summed E-state index contributed by atoms with van der Waals surface area (Å²) >= 11 is 0. The molecule has 63 heavy (non-hydrogen) atoms. The monoisotopic (exact) mass is 837 g/mol. The number of carbonyl (C=O) groups excluding carboxylic acids is 4. The van der Waals surface area contributed by atoms with Gasteiger partial charge < -0.3 is 5.11 Å². The van der Waals surface area contributed by atoms with Gasteiger partial charge >= 0.3 is 5.97 Å². The number of carboxylic acid groups (broad SMARTS) is 1. The Morgan fingerprint density at radius 1 is 0.556 bits per heavy atom. The van der Waals surface area contributed by atoms with E-state index < -0.39 is 23.8 Å². The predicted molar refractivity (Wildman–Crippen MR) is 249 cm³/mol. The molecule has 0 spiro atoms. The number of nitrogens with zero attached hydrogens (tertiary/aromatic N) is 3. The van der Waals surface area contributed by atoms with Gasteiger partial charge in [-0.1, -0.05) is 144 Å². The SMILES string of the molecule is CCCCCCC(CCCCCC)N1C(=O)c2ccc3c4ccc5c6c(ccc(c7ccc(c2c37)C1=O)c64)C(=O)N(Cc1ccc(C=N[C@@H](Cc2ccccc2)C(=O)O)cc1)C5=O. The molecule has 9 heteroatoms. The number of carbonyl (C=O) groups is 5. The number of imide groups is 2. The molecule has 1 atom stereocenters. The van der Waals surface area contributed by atoms with Crippen LogP contribution >= 0.6 is 0 Å². The second-order valence-electron chi connectivity index (χ2n) is 17.2. The van der Waals surface area contributed by atoms with Crippen molar-refractivity contribution in [3.8, 4) is 0 Å². The van der Waals surface area contributed by atoms with Gasteiger partial charge in [0.1, 0.15) is 0 Å². The molecule has 2 aliphatic heterocycles. The summed E-state index contributed by atoms with van der Waals surface area (Å²) in [6.07, 6.45) is 12.1. The molecule has 0 radical (unpaired) electrons. The third-order valence-electron chi connectivity index (χ3n) is 13.2. The van der Waals surface area contributed by atoms with Crippen LogP contribution in [0.3, 0.4) is 0 Å². The lowest BCUT2D eigenvalue weighted by atomic mass is 9.82. The number of benzene rings is 7. The summed E-state index contributed by atoms with van der Waals surface area (Å²) in [6.45, 7) is 4.42. The minimum Gasteiger partial charge on any atom is -0.480 e. The Morgan fingerprint density at radius 3 is 1.49 bits per heavy atom. The van der Waals surface area contributed by atoms with Crippen LogP contribution in [0.4, 0.5) is 0 Å². The van der Waals surface area contributed by atoms with Crippen molar-refractivity contribution in [2.24, 2.45) is 4.99 Å². The molecule has 0 saturated heterocycles. The lowest BCUT2D eigenvalue weighted by Crippen LogP contribution is -2.47. The molecule has 318 valence electrons. The van der Waals surface area contributed by atoms with Crippen LogP contribution in [-0.4, -0.2) is 62.8 Å². The molecule has 1 N–H and O–H groups in total. The molecular weight excluding hydrogens is 787 g/mol. The fourth-order valence-corrected chi connectivity index (χ4v) is 9.94. The zero-order valence-electron chi connectivity index (χ0n) is 35.9. The Labute approximate surface area is 366 Å². The van der Waals surface area contributed by atoms with Crippen LogP contribution in [0.5, 0.6) is 0 Å². The van der Waals surface area contributed by atoms with Gasteiger partial charge in [0.15, 0.2) is 6.04 Å². The van der Waals surface area contributed by atoms with E-state index in [1.54, 1.807) is 29.2 Å². The number of carboxylic acids is 1. The topological polar surface area (TPSA) is 124 Å². The highest BCUT2D eigenvalue weighted by molar-refractivity contribution is 6.41. The highest BCUT2D eigenvalue weighted by atomic mass is 16.4. The second kappa shape index (κ2) is 17.6. The average Bonchev–Trinajstić information content (AvgIpc) is 3.30.